The lowest BCUT2D eigenvalue weighted by Crippen LogP contribution is -2.11. The zero-order chi connectivity index (χ0) is 14.5. The van der Waals surface area contributed by atoms with E-state index in [1.54, 1.807) is 6.07 Å². The van der Waals surface area contributed by atoms with E-state index < -0.39 is 5.91 Å². The van der Waals surface area contributed by atoms with Gasteiger partial charge >= 0.3 is 0 Å². The molecule has 0 saturated heterocycles. The summed E-state index contributed by atoms with van der Waals surface area (Å²) in [5.74, 6) is -0.481. The SMILES string of the molecule is N#CC(=CNc1ccc(Cl)c(C(N)=O)c1)c1nn[nH]n1. The van der Waals surface area contributed by atoms with E-state index in [9.17, 15) is 4.79 Å². The summed E-state index contributed by atoms with van der Waals surface area (Å²) in [6.07, 6.45) is 1.39. The molecule has 1 aromatic heterocycles. The molecule has 9 heteroatoms. The molecule has 4 N–H and O–H groups in total. The Morgan fingerprint density at radius 3 is 2.95 bits per heavy atom. The first-order chi connectivity index (χ1) is 9.61. The Bertz CT molecular complexity index is 702. The van der Waals surface area contributed by atoms with E-state index in [4.69, 9.17) is 22.6 Å². The lowest BCUT2D eigenvalue weighted by atomic mass is 10.2. The minimum absolute atomic E-state index is 0.157. The topological polar surface area (TPSA) is 133 Å². The first-order valence-corrected chi connectivity index (χ1v) is 5.69. The third-order valence-electron chi connectivity index (χ3n) is 2.32. The highest BCUT2D eigenvalue weighted by Gasteiger charge is 2.08. The van der Waals surface area contributed by atoms with Gasteiger partial charge in [-0.25, -0.2) is 0 Å². The molecule has 0 aliphatic heterocycles. The summed E-state index contributed by atoms with van der Waals surface area (Å²) in [6.45, 7) is 0. The van der Waals surface area contributed by atoms with Crippen molar-refractivity contribution >= 4 is 28.8 Å². The van der Waals surface area contributed by atoms with Crippen LogP contribution < -0.4 is 11.1 Å². The predicted molar refractivity (Wildman–Crippen MR) is 71.4 cm³/mol. The van der Waals surface area contributed by atoms with E-state index in [0.717, 1.165) is 0 Å². The molecule has 0 bridgehead atoms. The Hall–Kier alpha value is -2.92. The van der Waals surface area contributed by atoms with Crippen LogP contribution in [-0.2, 0) is 0 Å². The van der Waals surface area contributed by atoms with Crippen molar-refractivity contribution in [2.45, 2.75) is 0 Å². The highest BCUT2D eigenvalue weighted by molar-refractivity contribution is 6.33. The van der Waals surface area contributed by atoms with E-state index in [-0.39, 0.29) is 22.0 Å². The van der Waals surface area contributed by atoms with Gasteiger partial charge in [0.2, 0.25) is 11.7 Å². The number of allylic oxidation sites excluding steroid dienone is 1. The molecule has 0 aliphatic carbocycles. The number of hydrogen-bond donors (Lipinski definition) is 3. The maximum absolute atomic E-state index is 11.2. The quantitative estimate of drug-likeness (QED) is 0.717. The number of aromatic nitrogens is 4. The molecule has 1 amide bonds. The monoisotopic (exact) mass is 289 g/mol. The molecule has 20 heavy (non-hydrogen) atoms. The molecule has 0 unspecified atom stereocenters. The Kier molecular flexibility index (Phi) is 3.93. The minimum Gasteiger partial charge on any atom is -0.366 e. The summed E-state index contributed by atoms with van der Waals surface area (Å²) in [6, 6.07) is 6.56. The van der Waals surface area contributed by atoms with Gasteiger partial charge in [0, 0.05) is 11.9 Å². The second-order valence-electron chi connectivity index (χ2n) is 3.61. The summed E-state index contributed by atoms with van der Waals surface area (Å²) >= 11 is 5.83. The molecule has 0 fully saturated rings. The number of carbonyl (C=O) groups excluding carboxylic acids is 1. The molecule has 0 saturated carbocycles. The third-order valence-corrected chi connectivity index (χ3v) is 2.65. The predicted octanol–water partition coefficient (Wildman–Crippen LogP) is 0.929. The summed E-state index contributed by atoms with van der Waals surface area (Å²) in [7, 11) is 0. The molecular weight excluding hydrogens is 282 g/mol. The van der Waals surface area contributed by atoms with Crippen molar-refractivity contribution in [1.29, 1.82) is 5.26 Å². The molecule has 1 heterocycles. The number of tetrazole rings is 1. The number of H-pyrrole nitrogens is 1. The fourth-order valence-corrected chi connectivity index (χ4v) is 1.59. The number of benzene rings is 1. The maximum Gasteiger partial charge on any atom is 0.250 e. The molecule has 1 aromatic carbocycles. The van der Waals surface area contributed by atoms with Crippen molar-refractivity contribution in [2.24, 2.45) is 5.73 Å². The Morgan fingerprint density at radius 1 is 1.55 bits per heavy atom. The molecule has 0 radical (unpaired) electrons. The summed E-state index contributed by atoms with van der Waals surface area (Å²) in [5, 5.41) is 25.1. The number of nitriles is 1. The van der Waals surface area contributed by atoms with Gasteiger partial charge in [-0.3, -0.25) is 4.79 Å². The standard InChI is InChI=1S/C11H8ClN7O/c12-9-2-1-7(3-8(9)10(14)20)15-5-6(4-13)11-16-18-19-17-11/h1-3,5,15H,(H2,14,20)(H,16,17,18,19). The van der Waals surface area contributed by atoms with Gasteiger partial charge in [0.1, 0.15) is 11.6 Å². The number of primary amides is 1. The Labute approximate surface area is 118 Å². The zero-order valence-electron chi connectivity index (χ0n) is 9.96. The van der Waals surface area contributed by atoms with Crippen molar-refractivity contribution in [3.05, 3.63) is 40.8 Å². The maximum atomic E-state index is 11.2. The number of amides is 1. The average Bonchev–Trinajstić information content (AvgIpc) is 2.95. The van der Waals surface area contributed by atoms with Crippen molar-refractivity contribution in [2.75, 3.05) is 5.32 Å². The van der Waals surface area contributed by atoms with Crippen LogP contribution in [0, 0.1) is 11.3 Å². The Balaban J connectivity index is 2.25. The number of carbonyl (C=O) groups is 1. The lowest BCUT2D eigenvalue weighted by molar-refractivity contribution is 0.100. The van der Waals surface area contributed by atoms with Crippen molar-refractivity contribution in [3.63, 3.8) is 0 Å². The van der Waals surface area contributed by atoms with Crippen LogP contribution in [0.15, 0.2) is 24.4 Å². The lowest BCUT2D eigenvalue weighted by Gasteiger charge is -2.05. The average molecular weight is 290 g/mol. The van der Waals surface area contributed by atoms with Gasteiger partial charge in [-0.05, 0) is 23.4 Å². The molecule has 0 atom stereocenters. The van der Waals surface area contributed by atoms with Crippen LogP contribution in [0.25, 0.3) is 5.57 Å². The fourth-order valence-electron chi connectivity index (χ4n) is 1.38. The van der Waals surface area contributed by atoms with Crippen LogP contribution >= 0.6 is 11.6 Å². The highest BCUT2D eigenvalue weighted by Crippen LogP contribution is 2.20. The van der Waals surface area contributed by atoms with Crippen molar-refractivity contribution in [3.8, 4) is 6.07 Å². The first-order valence-electron chi connectivity index (χ1n) is 5.32. The number of anilines is 1. The number of nitrogens with two attached hydrogens (primary N) is 1. The van der Waals surface area contributed by atoms with E-state index in [1.165, 1.54) is 18.3 Å². The normalized spacial score (nSPS) is 10.9. The van der Waals surface area contributed by atoms with Crippen LogP contribution in [-0.4, -0.2) is 26.5 Å². The van der Waals surface area contributed by atoms with Gasteiger partial charge in [-0.1, -0.05) is 11.6 Å². The minimum atomic E-state index is -0.638. The van der Waals surface area contributed by atoms with Gasteiger partial charge < -0.3 is 11.1 Å². The highest BCUT2D eigenvalue weighted by atomic mass is 35.5. The van der Waals surface area contributed by atoms with Crippen LogP contribution in [0.3, 0.4) is 0 Å². The van der Waals surface area contributed by atoms with Gasteiger partial charge in [0.05, 0.1) is 10.6 Å². The number of aromatic amines is 1. The summed E-state index contributed by atoms with van der Waals surface area (Å²) in [5.41, 5.74) is 6.09. The number of halogens is 1. The first kappa shape index (κ1) is 13.5. The van der Waals surface area contributed by atoms with E-state index in [0.29, 0.717) is 5.69 Å². The third kappa shape index (κ3) is 2.90. The second-order valence-corrected chi connectivity index (χ2v) is 4.02. The van der Waals surface area contributed by atoms with Crippen LogP contribution in [0.2, 0.25) is 5.02 Å². The molecule has 2 aromatic rings. The number of rotatable bonds is 4. The van der Waals surface area contributed by atoms with E-state index >= 15 is 0 Å². The van der Waals surface area contributed by atoms with Crippen LogP contribution in [0.4, 0.5) is 5.69 Å². The van der Waals surface area contributed by atoms with Gasteiger partial charge in [0.25, 0.3) is 0 Å². The molecule has 0 spiro atoms. The fraction of sp³-hybridized carbons (Fsp3) is 0. The summed E-state index contributed by atoms with van der Waals surface area (Å²) < 4.78 is 0. The van der Waals surface area contributed by atoms with Gasteiger partial charge in [-0.2, -0.15) is 10.5 Å². The zero-order valence-corrected chi connectivity index (χ0v) is 10.7. The Morgan fingerprint density at radius 2 is 2.35 bits per heavy atom. The van der Waals surface area contributed by atoms with E-state index in [1.807, 2.05) is 6.07 Å². The summed E-state index contributed by atoms with van der Waals surface area (Å²) in [4.78, 5) is 11.2. The van der Waals surface area contributed by atoms with Crippen molar-refractivity contribution < 1.29 is 4.79 Å². The van der Waals surface area contributed by atoms with Crippen molar-refractivity contribution in [1.82, 2.24) is 20.6 Å². The number of nitrogens with zero attached hydrogens (tertiary/aromatic N) is 4. The van der Waals surface area contributed by atoms with Crippen LogP contribution in [0.5, 0.6) is 0 Å². The smallest absolute Gasteiger partial charge is 0.250 e. The molecule has 0 aliphatic rings. The van der Waals surface area contributed by atoms with Gasteiger partial charge in [-0.15, -0.1) is 10.2 Å². The van der Waals surface area contributed by atoms with Gasteiger partial charge in [0.15, 0.2) is 0 Å². The molecule has 2 rings (SSSR count). The molecular formula is C11H8ClN7O. The number of nitrogens with one attached hydrogen (secondary N) is 2. The molecule has 100 valence electrons. The number of hydrogen-bond acceptors (Lipinski definition) is 6. The second kappa shape index (κ2) is 5.81. The van der Waals surface area contributed by atoms with E-state index in [2.05, 4.69) is 25.9 Å². The van der Waals surface area contributed by atoms with Crippen LogP contribution in [0.1, 0.15) is 16.2 Å². The molecule has 8 nitrogen and oxygen atoms in total. The largest absolute Gasteiger partial charge is 0.366 e.